The largest absolute Gasteiger partial charge is 0.354 e. The van der Waals surface area contributed by atoms with Crippen LogP contribution in [0.5, 0.6) is 0 Å². The fourth-order valence-corrected chi connectivity index (χ4v) is 2.86. The molecule has 1 N–H and O–H groups in total. The fraction of sp³-hybridized carbons (Fsp3) is 0.389. The van der Waals surface area contributed by atoms with Crippen LogP contribution in [0, 0.1) is 0 Å². The molecule has 3 heterocycles. The number of amides is 1. The second kappa shape index (κ2) is 6.86. The molecule has 24 heavy (non-hydrogen) atoms. The van der Waals surface area contributed by atoms with Gasteiger partial charge in [-0.05, 0) is 19.1 Å². The van der Waals surface area contributed by atoms with Crippen molar-refractivity contribution in [2.45, 2.75) is 39.2 Å². The topological polar surface area (TPSA) is 64.2 Å². The molecule has 0 saturated heterocycles. The van der Waals surface area contributed by atoms with E-state index in [2.05, 4.69) is 29.1 Å². The zero-order chi connectivity index (χ0) is 17.1. The van der Waals surface area contributed by atoms with Gasteiger partial charge in [-0.25, -0.2) is 9.97 Å². The molecule has 3 aromatic rings. The summed E-state index contributed by atoms with van der Waals surface area (Å²) in [4.78, 5) is 21.1. The number of aromatic nitrogens is 4. The van der Waals surface area contributed by atoms with Crippen molar-refractivity contribution in [1.82, 2.24) is 24.3 Å². The van der Waals surface area contributed by atoms with E-state index in [9.17, 15) is 4.79 Å². The Kier molecular flexibility index (Phi) is 4.64. The van der Waals surface area contributed by atoms with Crippen molar-refractivity contribution in [3.05, 3.63) is 54.5 Å². The zero-order valence-corrected chi connectivity index (χ0v) is 14.3. The molecule has 0 aliphatic heterocycles. The van der Waals surface area contributed by atoms with Crippen molar-refractivity contribution < 1.29 is 4.79 Å². The Hall–Kier alpha value is -2.63. The quantitative estimate of drug-likeness (QED) is 0.757. The summed E-state index contributed by atoms with van der Waals surface area (Å²) in [5.41, 5.74) is 2.01. The maximum atomic E-state index is 12.4. The number of imidazole rings is 2. The lowest BCUT2D eigenvalue weighted by Gasteiger charge is -2.17. The monoisotopic (exact) mass is 325 g/mol. The van der Waals surface area contributed by atoms with Crippen LogP contribution in [0.2, 0.25) is 0 Å². The van der Waals surface area contributed by atoms with Gasteiger partial charge in [0.25, 0.3) is 0 Å². The van der Waals surface area contributed by atoms with Gasteiger partial charge < -0.3 is 14.3 Å². The number of carbonyl (C=O) groups is 1. The second-order valence-corrected chi connectivity index (χ2v) is 6.24. The molecule has 0 spiro atoms. The van der Waals surface area contributed by atoms with Crippen LogP contribution in [-0.4, -0.2) is 31.4 Å². The average molecular weight is 325 g/mol. The van der Waals surface area contributed by atoms with E-state index in [1.807, 2.05) is 52.7 Å². The zero-order valence-electron chi connectivity index (χ0n) is 14.3. The summed E-state index contributed by atoms with van der Waals surface area (Å²) in [6.45, 7) is 6.64. The molecule has 126 valence electrons. The molecule has 0 aliphatic rings. The number of carbonyl (C=O) groups excluding carboxylic acids is 1. The van der Waals surface area contributed by atoms with Crippen LogP contribution in [0.15, 0.2) is 43.0 Å². The lowest BCUT2D eigenvalue weighted by molar-refractivity contribution is -0.123. The van der Waals surface area contributed by atoms with E-state index in [1.165, 1.54) is 0 Å². The second-order valence-electron chi connectivity index (χ2n) is 6.24. The molecule has 0 aromatic carbocycles. The number of fused-ring (bicyclic) bond motifs is 1. The molecule has 0 bridgehead atoms. The molecular formula is C18H23N5O. The predicted molar refractivity (Wildman–Crippen MR) is 92.9 cm³/mol. The average Bonchev–Trinajstić information content (AvgIpc) is 3.21. The van der Waals surface area contributed by atoms with Gasteiger partial charge in [-0.2, -0.15) is 0 Å². The lowest BCUT2D eigenvalue weighted by atomic mass is 10.2. The highest BCUT2D eigenvalue weighted by Crippen LogP contribution is 2.17. The molecule has 3 rings (SSSR count). The highest BCUT2D eigenvalue weighted by atomic mass is 16.2. The molecule has 6 nitrogen and oxygen atoms in total. The van der Waals surface area contributed by atoms with E-state index in [1.54, 1.807) is 6.20 Å². The van der Waals surface area contributed by atoms with Crippen LogP contribution in [0.1, 0.15) is 44.2 Å². The molecule has 0 fully saturated rings. The Morgan fingerprint density at radius 1 is 1.21 bits per heavy atom. The van der Waals surface area contributed by atoms with Crippen molar-refractivity contribution in [2.75, 3.05) is 6.54 Å². The third-order valence-corrected chi connectivity index (χ3v) is 4.19. The van der Waals surface area contributed by atoms with Crippen molar-refractivity contribution in [1.29, 1.82) is 0 Å². The van der Waals surface area contributed by atoms with Gasteiger partial charge in [0, 0.05) is 49.4 Å². The first-order chi connectivity index (χ1) is 11.6. The Morgan fingerprint density at radius 2 is 2.04 bits per heavy atom. The van der Waals surface area contributed by atoms with Crippen molar-refractivity contribution in [3.63, 3.8) is 0 Å². The van der Waals surface area contributed by atoms with Crippen molar-refractivity contribution in [3.8, 4) is 0 Å². The first-order valence-corrected chi connectivity index (χ1v) is 8.29. The molecule has 0 saturated carbocycles. The number of pyridine rings is 1. The first kappa shape index (κ1) is 16.2. The molecule has 1 amide bonds. The Morgan fingerprint density at radius 3 is 2.83 bits per heavy atom. The third kappa shape index (κ3) is 3.18. The van der Waals surface area contributed by atoms with Gasteiger partial charge in [0.15, 0.2) is 0 Å². The fourth-order valence-electron chi connectivity index (χ4n) is 2.86. The van der Waals surface area contributed by atoms with Crippen LogP contribution in [0.4, 0.5) is 0 Å². The first-order valence-electron chi connectivity index (χ1n) is 8.29. The molecule has 0 aliphatic carbocycles. The van der Waals surface area contributed by atoms with Crippen molar-refractivity contribution >= 4 is 11.6 Å². The van der Waals surface area contributed by atoms with Crippen LogP contribution in [0.25, 0.3) is 5.65 Å². The van der Waals surface area contributed by atoms with Gasteiger partial charge in [0.05, 0.1) is 0 Å². The highest BCUT2D eigenvalue weighted by molar-refractivity contribution is 5.79. The minimum atomic E-state index is -0.271. The van der Waals surface area contributed by atoms with E-state index in [-0.39, 0.29) is 17.9 Å². The number of nitrogens with zero attached hydrogens (tertiary/aromatic N) is 4. The smallest absolute Gasteiger partial charge is 0.242 e. The number of hydrogen-bond donors (Lipinski definition) is 1. The summed E-state index contributed by atoms with van der Waals surface area (Å²) in [5.74, 6) is 1.22. The lowest BCUT2D eigenvalue weighted by Crippen LogP contribution is -2.33. The normalized spacial score (nSPS) is 12.7. The minimum Gasteiger partial charge on any atom is -0.354 e. The number of rotatable bonds is 6. The summed E-state index contributed by atoms with van der Waals surface area (Å²) >= 11 is 0. The van der Waals surface area contributed by atoms with Gasteiger partial charge in [-0.3, -0.25) is 4.79 Å². The van der Waals surface area contributed by atoms with Crippen LogP contribution in [-0.2, 0) is 11.2 Å². The summed E-state index contributed by atoms with van der Waals surface area (Å²) in [7, 11) is 0. The molecular weight excluding hydrogens is 302 g/mol. The van der Waals surface area contributed by atoms with Crippen molar-refractivity contribution in [2.24, 2.45) is 0 Å². The third-order valence-electron chi connectivity index (χ3n) is 4.19. The Labute approximate surface area is 141 Å². The van der Waals surface area contributed by atoms with Crippen LogP contribution < -0.4 is 5.32 Å². The molecule has 0 radical (unpaired) electrons. The van der Waals surface area contributed by atoms with E-state index < -0.39 is 0 Å². The van der Waals surface area contributed by atoms with Gasteiger partial charge in [0.2, 0.25) is 5.91 Å². The van der Waals surface area contributed by atoms with Crippen LogP contribution in [0.3, 0.4) is 0 Å². The Bertz CT molecular complexity index is 833. The van der Waals surface area contributed by atoms with Gasteiger partial charge in [-0.1, -0.05) is 19.9 Å². The minimum absolute atomic E-state index is 0.00345. The van der Waals surface area contributed by atoms with E-state index in [0.29, 0.717) is 6.54 Å². The summed E-state index contributed by atoms with van der Waals surface area (Å²) in [6, 6.07) is 5.64. The molecule has 6 heteroatoms. The number of hydrogen-bond acceptors (Lipinski definition) is 3. The van der Waals surface area contributed by atoms with Gasteiger partial charge in [0.1, 0.15) is 17.5 Å². The van der Waals surface area contributed by atoms with E-state index >= 15 is 0 Å². The maximum absolute atomic E-state index is 12.4. The maximum Gasteiger partial charge on any atom is 0.242 e. The summed E-state index contributed by atoms with van der Waals surface area (Å²) < 4.78 is 3.98. The highest BCUT2D eigenvalue weighted by Gasteiger charge is 2.18. The predicted octanol–water partition coefficient (Wildman–Crippen LogP) is 2.57. The molecule has 3 aromatic heterocycles. The van der Waals surface area contributed by atoms with E-state index in [0.717, 1.165) is 23.6 Å². The van der Waals surface area contributed by atoms with E-state index in [4.69, 9.17) is 0 Å². The molecule has 0 unspecified atom stereocenters. The summed E-state index contributed by atoms with van der Waals surface area (Å²) in [5, 5.41) is 3.01. The SMILES string of the molecule is CC(C)c1nccn1[C@H](C)C(=O)NCCc1cnc2ccccn12. The molecule has 1 atom stereocenters. The summed E-state index contributed by atoms with van der Waals surface area (Å²) in [6.07, 6.45) is 8.20. The standard InChI is InChI=1S/C18H23N5O/c1-13(2)17-19-9-11-22(17)14(3)18(24)20-8-7-15-12-21-16-6-4-5-10-23(15)16/h4-6,9-14H,7-8H2,1-3H3,(H,20,24)/t14-/m1/s1. The Balaban J connectivity index is 1.60. The number of nitrogens with one attached hydrogen (secondary N) is 1. The van der Waals surface area contributed by atoms with Gasteiger partial charge in [-0.15, -0.1) is 0 Å². The van der Waals surface area contributed by atoms with Gasteiger partial charge >= 0.3 is 0 Å². The van der Waals surface area contributed by atoms with Crippen LogP contribution >= 0.6 is 0 Å².